The number of carbonyl (C=O) groups is 1. The molecule has 0 bridgehead atoms. The van der Waals surface area contributed by atoms with E-state index in [1.54, 1.807) is 22.5 Å². The molecule has 2 aliphatic rings. The molecular formula is C18H27N3O3S. The topological polar surface area (TPSA) is 69.7 Å². The zero-order valence-electron chi connectivity index (χ0n) is 14.9. The Kier molecular flexibility index (Phi) is 5.46. The fourth-order valence-corrected chi connectivity index (χ4v) is 5.41. The van der Waals surface area contributed by atoms with Gasteiger partial charge in [0.1, 0.15) is 0 Å². The summed E-state index contributed by atoms with van der Waals surface area (Å²) in [6, 6.07) is 6.61. The normalized spacial score (nSPS) is 25.8. The lowest BCUT2D eigenvalue weighted by Gasteiger charge is -2.34. The summed E-state index contributed by atoms with van der Waals surface area (Å²) in [6.07, 6.45) is 2.84. The summed E-state index contributed by atoms with van der Waals surface area (Å²) in [5.41, 5.74) is 0.444. The molecule has 138 valence electrons. The molecule has 0 saturated carbocycles. The van der Waals surface area contributed by atoms with Gasteiger partial charge >= 0.3 is 0 Å². The summed E-state index contributed by atoms with van der Waals surface area (Å²) in [6.45, 7) is 6.67. The lowest BCUT2D eigenvalue weighted by atomic mass is 10.1. The van der Waals surface area contributed by atoms with Crippen LogP contribution in [-0.4, -0.2) is 61.8 Å². The molecule has 2 saturated heterocycles. The van der Waals surface area contributed by atoms with Crippen molar-refractivity contribution >= 4 is 15.9 Å². The van der Waals surface area contributed by atoms with Crippen LogP contribution in [-0.2, 0) is 10.0 Å². The molecule has 1 amide bonds. The molecule has 0 spiro atoms. The second kappa shape index (κ2) is 7.43. The quantitative estimate of drug-likeness (QED) is 0.885. The molecule has 6 nitrogen and oxygen atoms in total. The van der Waals surface area contributed by atoms with E-state index in [0.29, 0.717) is 18.7 Å². The van der Waals surface area contributed by atoms with E-state index < -0.39 is 10.0 Å². The van der Waals surface area contributed by atoms with Crippen molar-refractivity contribution in [3.63, 3.8) is 0 Å². The highest BCUT2D eigenvalue weighted by atomic mass is 32.2. The number of piperidine rings is 1. The molecule has 2 aliphatic heterocycles. The molecule has 2 unspecified atom stereocenters. The first-order chi connectivity index (χ1) is 11.9. The van der Waals surface area contributed by atoms with Crippen LogP contribution >= 0.6 is 0 Å². The second-order valence-electron chi connectivity index (χ2n) is 7.04. The van der Waals surface area contributed by atoms with E-state index in [1.165, 1.54) is 6.07 Å². The monoisotopic (exact) mass is 365 g/mol. The minimum absolute atomic E-state index is 0.00583. The second-order valence-corrected chi connectivity index (χ2v) is 8.93. The van der Waals surface area contributed by atoms with Crippen LogP contribution in [0, 0.1) is 0 Å². The molecule has 2 fully saturated rings. The highest BCUT2D eigenvalue weighted by molar-refractivity contribution is 7.89. The average Bonchev–Trinajstić information content (AvgIpc) is 2.62. The van der Waals surface area contributed by atoms with Gasteiger partial charge in [-0.2, -0.15) is 4.31 Å². The third kappa shape index (κ3) is 3.73. The zero-order valence-corrected chi connectivity index (χ0v) is 15.8. The summed E-state index contributed by atoms with van der Waals surface area (Å²) in [7, 11) is -3.56. The molecule has 3 rings (SSSR count). The Bertz CT molecular complexity index is 735. The van der Waals surface area contributed by atoms with E-state index in [0.717, 1.165) is 32.4 Å². The maximum atomic E-state index is 13.0. The van der Waals surface area contributed by atoms with E-state index in [-0.39, 0.29) is 22.9 Å². The van der Waals surface area contributed by atoms with Gasteiger partial charge in [-0.05, 0) is 44.9 Å². The zero-order chi connectivity index (χ0) is 18.0. The summed E-state index contributed by atoms with van der Waals surface area (Å²) < 4.78 is 27.6. The van der Waals surface area contributed by atoms with Gasteiger partial charge in [0.05, 0.1) is 4.90 Å². The minimum Gasteiger partial charge on any atom is -0.333 e. The van der Waals surface area contributed by atoms with Crippen molar-refractivity contribution < 1.29 is 13.2 Å². The van der Waals surface area contributed by atoms with Gasteiger partial charge in [0.2, 0.25) is 10.0 Å². The van der Waals surface area contributed by atoms with E-state index in [4.69, 9.17) is 0 Å². The average molecular weight is 365 g/mol. The van der Waals surface area contributed by atoms with Gasteiger partial charge in [0.15, 0.2) is 0 Å². The van der Waals surface area contributed by atoms with E-state index in [1.807, 2.05) is 18.7 Å². The Labute approximate surface area is 150 Å². The molecule has 1 aromatic carbocycles. The van der Waals surface area contributed by atoms with Crippen molar-refractivity contribution in [1.82, 2.24) is 14.5 Å². The van der Waals surface area contributed by atoms with Crippen LogP contribution in [0.2, 0.25) is 0 Å². The Morgan fingerprint density at radius 1 is 1.16 bits per heavy atom. The van der Waals surface area contributed by atoms with Crippen LogP contribution in [0.15, 0.2) is 29.2 Å². The van der Waals surface area contributed by atoms with E-state index in [2.05, 4.69) is 5.32 Å². The molecule has 0 radical (unpaired) electrons. The maximum absolute atomic E-state index is 13.0. The van der Waals surface area contributed by atoms with Crippen LogP contribution in [0.25, 0.3) is 0 Å². The summed E-state index contributed by atoms with van der Waals surface area (Å²) in [4.78, 5) is 14.8. The number of amides is 1. The van der Waals surface area contributed by atoms with Crippen molar-refractivity contribution in [3.8, 4) is 0 Å². The van der Waals surface area contributed by atoms with Gasteiger partial charge < -0.3 is 10.2 Å². The lowest BCUT2D eigenvalue weighted by molar-refractivity contribution is 0.0655. The Hall–Kier alpha value is -1.44. The number of nitrogens with one attached hydrogen (secondary N) is 1. The van der Waals surface area contributed by atoms with Crippen LogP contribution in [0.4, 0.5) is 0 Å². The van der Waals surface area contributed by atoms with Crippen molar-refractivity contribution in [2.75, 3.05) is 26.2 Å². The van der Waals surface area contributed by atoms with Gasteiger partial charge in [-0.1, -0.05) is 12.5 Å². The Balaban J connectivity index is 1.87. The molecule has 0 aliphatic carbocycles. The van der Waals surface area contributed by atoms with E-state index >= 15 is 0 Å². The highest BCUT2D eigenvalue weighted by Crippen LogP contribution is 2.26. The number of piperazine rings is 1. The van der Waals surface area contributed by atoms with Crippen LogP contribution < -0.4 is 5.32 Å². The van der Waals surface area contributed by atoms with Crippen molar-refractivity contribution in [1.29, 1.82) is 0 Å². The molecule has 25 heavy (non-hydrogen) atoms. The van der Waals surface area contributed by atoms with Crippen LogP contribution in [0.3, 0.4) is 0 Å². The number of rotatable bonds is 3. The largest absolute Gasteiger partial charge is 0.333 e. The first kappa shape index (κ1) is 18.4. The molecule has 1 aromatic rings. The molecule has 7 heteroatoms. The number of carbonyl (C=O) groups excluding carboxylic acids is 1. The summed E-state index contributed by atoms with van der Waals surface area (Å²) >= 11 is 0. The van der Waals surface area contributed by atoms with Gasteiger partial charge in [-0.15, -0.1) is 0 Å². The number of benzene rings is 1. The summed E-state index contributed by atoms with van der Waals surface area (Å²) in [5.74, 6) is -0.0993. The number of nitrogens with zero attached hydrogens (tertiary/aromatic N) is 2. The maximum Gasteiger partial charge on any atom is 0.254 e. The Morgan fingerprint density at radius 3 is 2.68 bits per heavy atom. The molecular weight excluding hydrogens is 338 g/mol. The highest BCUT2D eigenvalue weighted by Gasteiger charge is 2.32. The third-order valence-electron chi connectivity index (χ3n) is 5.19. The molecule has 1 N–H and O–H groups in total. The standard InChI is InChI=1S/C18H27N3O3S/c1-14-6-3-4-10-21(14)25(23,24)17-8-5-7-16(12-17)18(22)20-11-9-19-13-15(20)2/h5,7-8,12,14-15,19H,3-4,6,9-11,13H2,1-2H3. The number of sulfonamides is 1. The van der Waals surface area contributed by atoms with Gasteiger partial charge in [0, 0.05) is 43.8 Å². The van der Waals surface area contributed by atoms with Crippen molar-refractivity contribution in [3.05, 3.63) is 29.8 Å². The third-order valence-corrected chi connectivity index (χ3v) is 7.20. The first-order valence-corrected chi connectivity index (χ1v) is 10.5. The van der Waals surface area contributed by atoms with Crippen LogP contribution in [0.5, 0.6) is 0 Å². The van der Waals surface area contributed by atoms with Crippen molar-refractivity contribution in [2.45, 2.75) is 50.1 Å². The van der Waals surface area contributed by atoms with E-state index in [9.17, 15) is 13.2 Å². The lowest BCUT2D eigenvalue weighted by Crippen LogP contribution is -2.52. The summed E-state index contributed by atoms with van der Waals surface area (Å²) in [5, 5.41) is 3.26. The fraction of sp³-hybridized carbons (Fsp3) is 0.611. The van der Waals surface area contributed by atoms with Gasteiger partial charge in [-0.3, -0.25) is 4.79 Å². The number of hydrogen-bond acceptors (Lipinski definition) is 4. The predicted molar refractivity (Wildman–Crippen MR) is 97.0 cm³/mol. The predicted octanol–water partition coefficient (Wildman–Crippen LogP) is 1.68. The minimum atomic E-state index is -3.56. The van der Waals surface area contributed by atoms with Crippen LogP contribution in [0.1, 0.15) is 43.5 Å². The smallest absolute Gasteiger partial charge is 0.254 e. The first-order valence-electron chi connectivity index (χ1n) is 9.05. The Morgan fingerprint density at radius 2 is 1.96 bits per heavy atom. The molecule has 2 heterocycles. The fourth-order valence-electron chi connectivity index (χ4n) is 3.66. The number of hydrogen-bond donors (Lipinski definition) is 1. The molecule has 2 atom stereocenters. The van der Waals surface area contributed by atoms with Crippen molar-refractivity contribution in [2.24, 2.45) is 0 Å². The SMILES string of the molecule is CC1CNCCN1C(=O)c1cccc(S(=O)(=O)N2CCCCC2C)c1. The van der Waals surface area contributed by atoms with Gasteiger partial charge in [-0.25, -0.2) is 8.42 Å². The molecule has 0 aromatic heterocycles. The van der Waals surface area contributed by atoms with Gasteiger partial charge in [0.25, 0.3) is 5.91 Å².